The van der Waals surface area contributed by atoms with E-state index in [1.807, 2.05) is 30.6 Å². The summed E-state index contributed by atoms with van der Waals surface area (Å²) in [7, 11) is 1.72. The Bertz CT molecular complexity index is 1130. The number of aromatic nitrogens is 2. The first-order valence-electron chi connectivity index (χ1n) is 13.6. The van der Waals surface area contributed by atoms with Gasteiger partial charge in [0.25, 0.3) is 5.97 Å². The molecule has 0 bridgehead atoms. The zero-order valence-corrected chi connectivity index (χ0v) is 24.5. The fraction of sp³-hybridized carbons (Fsp3) is 0.692. The van der Waals surface area contributed by atoms with Gasteiger partial charge in [0, 0.05) is 64.3 Å². The number of aliphatic imine (C=N–C) groups is 1. The molecule has 224 valence electrons. The molecule has 3 atom stereocenters. The lowest BCUT2D eigenvalue weighted by molar-refractivity contribution is -0.134. The van der Waals surface area contributed by atoms with Crippen LogP contribution in [0.3, 0.4) is 0 Å². The molecule has 0 radical (unpaired) electrons. The number of aromatic amines is 1. The van der Waals surface area contributed by atoms with Crippen LogP contribution in [-0.2, 0) is 21.6 Å². The van der Waals surface area contributed by atoms with E-state index < -0.39 is 23.1 Å². The van der Waals surface area contributed by atoms with Gasteiger partial charge in [-0.3, -0.25) is 20.5 Å². The van der Waals surface area contributed by atoms with Crippen LogP contribution in [0.2, 0.25) is 0 Å². The number of fused-ring (bicyclic) bond motifs is 1. The highest BCUT2D eigenvalue weighted by Gasteiger charge is 2.47. The molecule has 1 aromatic heterocycles. The van der Waals surface area contributed by atoms with Gasteiger partial charge in [0.05, 0.1) is 24.0 Å². The quantitative estimate of drug-likeness (QED) is 0.312. The maximum absolute atomic E-state index is 14.5. The summed E-state index contributed by atoms with van der Waals surface area (Å²) >= 11 is 0. The number of carboxylic acid groups (broad SMARTS) is 1. The maximum atomic E-state index is 14.5. The van der Waals surface area contributed by atoms with Crippen molar-refractivity contribution in [1.29, 1.82) is 0 Å². The standard InChI is InChI=1S/C24H40FN9O2.C2H4O2/c1-7-24(26)27-11-18(25)21(29-24)28-20-17-14-34(23(4,5)19(17)30-31-20)22(35)33-13-15(2)32(12-16(33)3)9-8-10-36-6;1-2(3)4/h11,15-16,29H,7-10,12-14,26H2,1-6H3,(H2,28,30,31);1H3,(H,3,4)/t15-,16+,24?;/m1./s1. The summed E-state index contributed by atoms with van der Waals surface area (Å²) in [6.45, 7) is 14.7. The summed E-state index contributed by atoms with van der Waals surface area (Å²) in [6, 6.07) is 0.332. The number of carbonyl (C=O) groups is 2. The summed E-state index contributed by atoms with van der Waals surface area (Å²) in [5.41, 5.74) is 7.22. The lowest BCUT2D eigenvalue weighted by Gasteiger charge is -2.46. The molecule has 0 saturated carbocycles. The van der Waals surface area contributed by atoms with E-state index in [4.69, 9.17) is 20.4 Å². The number of piperazine rings is 1. The summed E-state index contributed by atoms with van der Waals surface area (Å²) in [5, 5.41) is 20.8. The first-order valence-corrected chi connectivity index (χ1v) is 13.6. The normalized spacial score (nSPS) is 25.7. The van der Waals surface area contributed by atoms with Crippen molar-refractivity contribution in [2.24, 2.45) is 10.7 Å². The van der Waals surface area contributed by atoms with E-state index in [1.54, 1.807) is 7.11 Å². The van der Waals surface area contributed by atoms with Gasteiger partial charge in [0.15, 0.2) is 17.4 Å². The minimum atomic E-state index is -1.09. The maximum Gasteiger partial charge on any atom is 0.321 e. The van der Waals surface area contributed by atoms with Crippen molar-refractivity contribution in [2.75, 3.05) is 38.7 Å². The van der Waals surface area contributed by atoms with Gasteiger partial charge in [0.1, 0.15) is 5.82 Å². The van der Waals surface area contributed by atoms with Crippen LogP contribution >= 0.6 is 0 Å². The average molecular weight is 566 g/mol. The van der Waals surface area contributed by atoms with E-state index >= 15 is 0 Å². The van der Waals surface area contributed by atoms with Crippen LogP contribution in [0.4, 0.5) is 15.0 Å². The Hall–Kier alpha value is -3.23. The second kappa shape index (κ2) is 12.5. The molecule has 1 aromatic rings. The van der Waals surface area contributed by atoms with Gasteiger partial charge in [-0.25, -0.2) is 14.2 Å². The molecule has 14 heteroatoms. The van der Waals surface area contributed by atoms with Gasteiger partial charge < -0.3 is 30.3 Å². The Morgan fingerprint density at radius 2 is 1.98 bits per heavy atom. The first-order chi connectivity index (χ1) is 18.7. The highest BCUT2D eigenvalue weighted by atomic mass is 19.1. The molecule has 6 N–H and O–H groups in total. The van der Waals surface area contributed by atoms with E-state index in [-0.39, 0.29) is 23.9 Å². The zero-order valence-electron chi connectivity index (χ0n) is 24.5. The van der Waals surface area contributed by atoms with Crippen LogP contribution in [0.5, 0.6) is 0 Å². The molecule has 13 nitrogen and oxygen atoms in total. The summed E-state index contributed by atoms with van der Waals surface area (Å²) < 4.78 is 19.7. The van der Waals surface area contributed by atoms with Crippen LogP contribution in [0.25, 0.3) is 0 Å². The molecule has 1 saturated heterocycles. The molecular formula is C26H44FN9O4. The van der Waals surface area contributed by atoms with Crippen molar-refractivity contribution < 1.29 is 23.8 Å². The van der Waals surface area contributed by atoms with Crippen molar-refractivity contribution in [3.63, 3.8) is 0 Å². The SMILES string of the molecule is CC(=O)O.CCC1(N)N=CC(F)=C(Nc2n[nH]c3c2CN(C(=O)N2C[C@@H](C)N(CCCOC)C[C@@H]2C)C3(C)C)N1. The third-order valence-electron chi connectivity index (χ3n) is 7.63. The van der Waals surface area contributed by atoms with Crippen LogP contribution < -0.4 is 16.4 Å². The number of amides is 2. The number of nitrogens with two attached hydrogens (primary N) is 1. The van der Waals surface area contributed by atoms with Gasteiger partial charge in [0.2, 0.25) is 0 Å². The molecule has 1 unspecified atom stereocenters. The number of aliphatic carboxylic acids is 1. The number of allylic oxidation sites excluding steroid dienone is 1. The average Bonchev–Trinajstić information content (AvgIpc) is 3.40. The summed E-state index contributed by atoms with van der Waals surface area (Å²) in [6.07, 6.45) is 2.57. The number of rotatable bonds is 7. The van der Waals surface area contributed by atoms with E-state index in [0.717, 1.165) is 50.5 Å². The van der Waals surface area contributed by atoms with E-state index in [9.17, 15) is 9.18 Å². The number of anilines is 1. The molecular weight excluding hydrogens is 521 g/mol. The van der Waals surface area contributed by atoms with Crippen molar-refractivity contribution >= 4 is 24.0 Å². The molecule has 4 rings (SSSR count). The van der Waals surface area contributed by atoms with Crippen molar-refractivity contribution in [1.82, 2.24) is 30.2 Å². The smallest absolute Gasteiger partial charge is 0.321 e. The number of urea groups is 1. The predicted molar refractivity (Wildman–Crippen MR) is 150 cm³/mol. The lowest BCUT2D eigenvalue weighted by atomic mass is 10.0. The van der Waals surface area contributed by atoms with Gasteiger partial charge >= 0.3 is 6.03 Å². The third kappa shape index (κ3) is 6.73. The molecule has 0 spiro atoms. The number of carboxylic acids is 1. The number of halogens is 1. The minimum absolute atomic E-state index is 0.00767. The Balaban J connectivity index is 0.00000103. The van der Waals surface area contributed by atoms with Gasteiger partial charge in [-0.2, -0.15) is 5.10 Å². The molecule has 1 fully saturated rings. The number of carbonyl (C=O) groups excluding carboxylic acids is 1. The monoisotopic (exact) mass is 565 g/mol. The van der Waals surface area contributed by atoms with E-state index in [1.165, 1.54) is 0 Å². The van der Waals surface area contributed by atoms with Crippen LogP contribution in [0.1, 0.15) is 65.6 Å². The molecule has 3 aliphatic heterocycles. The molecule has 3 aliphatic rings. The first kappa shape index (κ1) is 31.3. The Labute approximate surface area is 235 Å². The summed E-state index contributed by atoms with van der Waals surface area (Å²) in [4.78, 5) is 33.1. The fourth-order valence-corrected chi connectivity index (χ4v) is 5.20. The molecule has 0 aromatic carbocycles. The van der Waals surface area contributed by atoms with Gasteiger partial charge in [-0.1, -0.05) is 6.92 Å². The zero-order chi connectivity index (χ0) is 29.8. The fourth-order valence-electron chi connectivity index (χ4n) is 5.20. The minimum Gasteiger partial charge on any atom is -0.481 e. The number of ether oxygens (including phenoxy) is 1. The molecule has 0 aliphatic carbocycles. The van der Waals surface area contributed by atoms with Gasteiger partial charge in [-0.05, 0) is 34.1 Å². The van der Waals surface area contributed by atoms with E-state index in [2.05, 4.69) is 44.6 Å². The largest absolute Gasteiger partial charge is 0.481 e. The lowest BCUT2D eigenvalue weighted by Crippen LogP contribution is -2.61. The van der Waals surface area contributed by atoms with Crippen molar-refractivity contribution in [2.45, 2.75) is 84.3 Å². The van der Waals surface area contributed by atoms with Crippen molar-refractivity contribution in [3.8, 4) is 0 Å². The predicted octanol–water partition coefficient (Wildman–Crippen LogP) is 2.35. The highest BCUT2D eigenvalue weighted by Crippen LogP contribution is 2.42. The van der Waals surface area contributed by atoms with Crippen molar-refractivity contribution in [3.05, 3.63) is 22.9 Å². The second-order valence-electron chi connectivity index (χ2n) is 11.1. The number of methoxy groups -OCH3 is 1. The number of nitrogens with zero attached hydrogens (tertiary/aromatic N) is 5. The number of hydrogen-bond donors (Lipinski definition) is 5. The number of hydrogen-bond acceptors (Lipinski definition) is 9. The van der Waals surface area contributed by atoms with E-state index in [0.29, 0.717) is 25.3 Å². The molecule has 2 amide bonds. The Morgan fingerprint density at radius 1 is 1.30 bits per heavy atom. The third-order valence-corrected chi connectivity index (χ3v) is 7.63. The van der Waals surface area contributed by atoms with Gasteiger partial charge in [-0.15, -0.1) is 0 Å². The number of nitrogens with one attached hydrogen (secondary N) is 3. The topological polar surface area (TPSA) is 164 Å². The number of H-pyrrole nitrogens is 1. The van der Waals surface area contributed by atoms with Crippen LogP contribution in [0, 0.1) is 0 Å². The highest BCUT2D eigenvalue weighted by molar-refractivity contribution is 5.80. The van der Waals surface area contributed by atoms with Crippen LogP contribution in [0.15, 0.2) is 16.6 Å². The molecule has 40 heavy (non-hydrogen) atoms. The molecule has 4 heterocycles. The Morgan fingerprint density at radius 3 is 2.60 bits per heavy atom. The van der Waals surface area contributed by atoms with Crippen LogP contribution in [-0.4, -0.2) is 99.4 Å². The second-order valence-corrected chi connectivity index (χ2v) is 11.1. The summed E-state index contributed by atoms with van der Waals surface area (Å²) in [5.74, 6) is -1.91. The Kier molecular flexibility index (Phi) is 9.80.